The molecule has 0 unspecified atom stereocenters. The number of phenolic OH excluding ortho intramolecular Hbond substituents is 1. The Labute approximate surface area is 210 Å². The van der Waals surface area contributed by atoms with E-state index in [1.165, 1.54) is 24.0 Å². The highest BCUT2D eigenvalue weighted by Crippen LogP contribution is 2.41. The van der Waals surface area contributed by atoms with Gasteiger partial charge in [0.1, 0.15) is 5.75 Å². The number of esters is 1. The average Bonchev–Trinajstić information content (AvgIpc) is 3.21. The van der Waals surface area contributed by atoms with Gasteiger partial charge in [0.05, 0.1) is 28.9 Å². The molecule has 0 saturated heterocycles. The third-order valence-electron chi connectivity index (χ3n) is 6.69. The maximum Gasteiger partial charge on any atom is 0.337 e. The second-order valence-electron chi connectivity index (χ2n) is 8.82. The van der Waals surface area contributed by atoms with Crippen molar-refractivity contribution in [3.63, 3.8) is 0 Å². The van der Waals surface area contributed by atoms with Crippen LogP contribution in [0.25, 0.3) is 11.8 Å². The van der Waals surface area contributed by atoms with E-state index in [0.717, 1.165) is 40.8 Å². The number of hydrogen-bond acceptors (Lipinski definition) is 6. The lowest BCUT2D eigenvalue weighted by molar-refractivity contribution is 0.0600. The van der Waals surface area contributed by atoms with Gasteiger partial charge in [-0.15, -0.1) is 0 Å². The van der Waals surface area contributed by atoms with E-state index >= 15 is 0 Å². The number of nitrogens with zero attached hydrogens (tertiary/aromatic N) is 2. The fourth-order valence-corrected chi connectivity index (χ4v) is 6.01. The molecule has 0 spiro atoms. The van der Waals surface area contributed by atoms with Crippen LogP contribution in [0, 0.1) is 0 Å². The van der Waals surface area contributed by atoms with Gasteiger partial charge in [0, 0.05) is 5.56 Å². The summed E-state index contributed by atoms with van der Waals surface area (Å²) in [6, 6.07) is 22.0. The van der Waals surface area contributed by atoms with Crippen LogP contribution in [0.15, 0.2) is 88.2 Å². The molecule has 0 saturated carbocycles. The minimum atomic E-state index is -0.400. The Morgan fingerprint density at radius 2 is 1.89 bits per heavy atom. The van der Waals surface area contributed by atoms with Crippen LogP contribution in [0.4, 0.5) is 0 Å². The first-order valence-corrected chi connectivity index (χ1v) is 12.5. The minimum Gasteiger partial charge on any atom is -0.508 e. The molecule has 4 aromatic rings. The van der Waals surface area contributed by atoms with Gasteiger partial charge >= 0.3 is 5.97 Å². The number of aryl methyl sites for hydroxylation is 1. The zero-order valence-corrected chi connectivity index (χ0v) is 20.3. The highest BCUT2D eigenvalue weighted by Gasteiger charge is 2.32. The Hall–Kier alpha value is -4.23. The minimum absolute atomic E-state index is 0.130. The first-order chi connectivity index (χ1) is 17.5. The molecule has 1 aliphatic carbocycles. The smallest absolute Gasteiger partial charge is 0.337 e. The lowest BCUT2D eigenvalue weighted by atomic mass is 9.83. The molecular weight excluding hydrogens is 472 g/mol. The van der Waals surface area contributed by atoms with Gasteiger partial charge < -0.3 is 9.84 Å². The fourth-order valence-electron chi connectivity index (χ4n) is 5.01. The van der Waals surface area contributed by atoms with Gasteiger partial charge in [0.15, 0.2) is 4.80 Å². The van der Waals surface area contributed by atoms with Crippen LogP contribution >= 0.6 is 11.3 Å². The Morgan fingerprint density at radius 3 is 2.67 bits per heavy atom. The number of allylic oxidation sites excluding steroid dienone is 1. The van der Waals surface area contributed by atoms with Gasteiger partial charge in [-0.05, 0) is 65.4 Å². The van der Waals surface area contributed by atoms with Crippen molar-refractivity contribution in [3.05, 3.63) is 126 Å². The number of aromatic hydroxyl groups is 1. The standard InChI is InChI=1S/C29H22N2O4S/c1-35-28(34)20-11-9-19(10-12-20)26-23-14-13-18-6-2-3-8-22(18)25(23)30-29-31(26)27(33)24(36-29)16-17-5-4-7-21(32)15-17/h2-12,15-16,26,32H,13-14H2,1H3/b24-16-/t26-/m1/s1. The Kier molecular flexibility index (Phi) is 5.42. The zero-order valence-electron chi connectivity index (χ0n) is 19.5. The molecule has 0 bridgehead atoms. The molecule has 1 atom stereocenters. The average molecular weight is 495 g/mol. The van der Waals surface area contributed by atoms with Crippen molar-refractivity contribution in [2.45, 2.75) is 18.9 Å². The van der Waals surface area contributed by atoms with Crippen molar-refractivity contribution < 1.29 is 14.6 Å². The molecule has 1 aromatic heterocycles. The number of phenols is 1. The maximum absolute atomic E-state index is 13.8. The number of hydrogen-bond donors (Lipinski definition) is 1. The third-order valence-corrected chi connectivity index (χ3v) is 7.67. The molecule has 6 rings (SSSR count). The summed E-state index contributed by atoms with van der Waals surface area (Å²) in [6.45, 7) is 0. The lowest BCUT2D eigenvalue weighted by Gasteiger charge is -2.30. The molecule has 3 aromatic carbocycles. The first kappa shape index (κ1) is 22.2. The molecule has 0 fully saturated rings. The van der Waals surface area contributed by atoms with Crippen molar-refractivity contribution in [2.75, 3.05) is 7.11 Å². The van der Waals surface area contributed by atoms with E-state index in [1.54, 1.807) is 41.0 Å². The molecule has 36 heavy (non-hydrogen) atoms. The Balaban J connectivity index is 1.59. The van der Waals surface area contributed by atoms with Crippen molar-refractivity contribution in [3.8, 4) is 5.75 Å². The lowest BCUT2D eigenvalue weighted by Crippen LogP contribution is -2.38. The van der Waals surface area contributed by atoms with Crippen LogP contribution in [0.5, 0.6) is 5.75 Å². The second kappa shape index (κ2) is 8.77. The molecule has 0 radical (unpaired) electrons. The SMILES string of the molecule is COC(=O)c1ccc([C@@H]2C3=C(N=c4s/c(=C\c5cccc(O)c5)c(=O)n42)c2ccccc2CC3)cc1. The molecule has 7 heteroatoms. The van der Waals surface area contributed by atoms with Gasteiger partial charge in [-0.25, -0.2) is 9.79 Å². The van der Waals surface area contributed by atoms with Gasteiger partial charge in [-0.2, -0.15) is 0 Å². The number of carbonyl (C=O) groups excluding carboxylic acids is 1. The fraction of sp³-hybridized carbons (Fsp3) is 0.138. The predicted octanol–water partition coefficient (Wildman–Crippen LogP) is 3.81. The number of fused-ring (bicyclic) bond motifs is 3. The predicted molar refractivity (Wildman–Crippen MR) is 139 cm³/mol. The van der Waals surface area contributed by atoms with Gasteiger partial charge in [-0.1, -0.05) is 59.9 Å². The molecule has 2 aliphatic rings. The number of benzene rings is 3. The van der Waals surface area contributed by atoms with E-state index in [9.17, 15) is 14.7 Å². The molecule has 178 valence electrons. The van der Waals surface area contributed by atoms with Gasteiger partial charge in [0.25, 0.3) is 5.56 Å². The summed E-state index contributed by atoms with van der Waals surface area (Å²) in [5.74, 6) is -0.254. The first-order valence-electron chi connectivity index (χ1n) is 11.6. The summed E-state index contributed by atoms with van der Waals surface area (Å²) in [4.78, 5) is 31.4. The van der Waals surface area contributed by atoms with Crippen LogP contribution in [0.2, 0.25) is 0 Å². The second-order valence-corrected chi connectivity index (χ2v) is 9.83. The van der Waals surface area contributed by atoms with E-state index in [4.69, 9.17) is 9.73 Å². The maximum atomic E-state index is 13.8. The molecule has 1 N–H and O–H groups in total. The highest BCUT2D eigenvalue weighted by molar-refractivity contribution is 7.07. The van der Waals surface area contributed by atoms with Crippen LogP contribution in [0.3, 0.4) is 0 Å². The number of rotatable bonds is 3. The van der Waals surface area contributed by atoms with E-state index in [1.807, 2.05) is 30.3 Å². The van der Waals surface area contributed by atoms with Gasteiger partial charge in [-0.3, -0.25) is 9.36 Å². The highest BCUT2D eigenvalue weighted by atomic mass is 32.1. The number of aromatic nitrogens is 1. The summed E-state index contributed by atoms with van der Waals surface area (Å²) in [7, 11) is 1.36. The Bertz CT molecular complexity index is 1730. The van der Waals surface area contributed by atoms with Crippen LogP contribution < -0.4 is 14.9 Å². The van der Waals surface area contributed by atoms with E-state index < -0.39 is 5.97 Å². The quantitative estimate of drug-likeness (QED) is 0.439. The zero-order chi connectivity index (χ0) is 24.8. The monoisotopic (exact) mass is 494 g/mol. The summed E-state index contributed by atoms with van der Waals surface area (Å²) in [5.41, 5.74) is 6.34. The Morgan fingerprint density at radius 1 is 1.08 bits per heavy atom. The van der Waals surface area contributed by atoms with E-state index in [2.05, 4.69) is 12.1 Å². The van der Waals surface area contributed by atoms with Crippen molar-refractivity contribution in [1.29, 1.82) is 0 Å². The number of ether oxygens (including phenoxy) is 1. The summed E-state index contributed by atoms with van der Waals surface area (Å²) < 4.78 is 7.16. The number of thiazole rings is 1. The van der Waals surface area contributed by atoms with Crippen LogP contribution in [-0.2, 0) is 11.2 Å². The molecule has 6 nitrogen and oxygen atoms in total. The van der Waals surface area contributed by atoms with E-state index in [-0.39, 0.29) is 17.4 Å². The van der Waals surface area contributed by atoms with E-state index in [0.29, 0.717) is 14.9 Å². The summed E-state index contributed by atoms with van der Waals surface area (Å²) >= 11 is 1.34. The van der Waals surface area contributed by atoms with Crippen LogP contribution in [-0.4, -0.2) is 22.8 Å². The third kappa shape index (κ3) is 3.69. The van der Waals surface area contributed by atoms with Crippen molar-refractivity contribution in [2.24, 2.45) is 4.99 Å². The summed E-state index contributed by atoms with van der Waals surface area (Å²) in [5, 5.41) is 9.87. The normalized spacial score (nSPS) is 16.6. The molecule has 1 aliphatic heterocycles. The van der Waals surface area contributed by atoms with Crippen molar-refractivity contribution in [1.82, 2.24) is 4.57 Å². The molecular formula is C29H22N2O4S. The largest absolute Gasteiger partial charge is 0.508 e. The molecule has 0 amide bonds. The number of methoxy groups -OCH3 is 1. The van der Waals surface area contributed by atoms with Gasteiger partial charge in [0.2, 0.25) is 0 Å². The topological polar surface area (TPSA) is 80.9 Å². The summed E-state index contributed by atoms with van der Waals surface area (Å²) in [6.07, 6.45) is 3.45. The molecule has 2 heterocycles. The van der Waals surface area contributed by atoms with Crippen molar-refractivity contribution >= 4 is 29.1 Å². The van der Waals surface area contributed by atoms with Crippen LogP contribution in [0.1, 0.15) is 45.1 Å². The number of carbonyl (C=O) groups is 1.